The minimum Gasteiger partial charge on any atom is -0.378 e. The normalized spacial score (nSPS) is 12.3. The molecule has 138 valence electrons. The number of amides is 1. The lowest BCUT2D eigenvalue weighted by Gasteiger charge is -2.16. The van der Waals surface area contributed by atoms with Crippen molar-refractivity contribution in [3.8, 4) is 0 Å². The van der Waals surface area contributed by atoms with Gasteiger partial charge in [0, 0.05) is 19.0 Å². The molecule has 1 amide bonds. The zero-order valence-corrected chi connectivity index (χ0v) is 16.0. The molecule has 0 aliphatic heterocycles. The van der Waals surface area contributed by atoms with Crippen LogP contribution in [-0.4, -0.2) is 56.9 Å². The number of ether oxygens (including phenoxy) is 2. The summed E-state index contributed by atoms with van der Waals surface area (Å²) in [6, 6.07) is 0. The van der Waals surface area contributed by atoms with Crippen LogP contribution in [0.2, 0.25) is 0 Å². The average molecular weight is 367 g/mol. The number of carbonyl (C=O) groups excluding carboxylic acids is 1. The van der Waals surface area contributed by atoms with Gasteiger partial charge in [0.15, 0.2) is 0 Å². The van der Waals surface area contributed by atoms with Crippen molar-refractivity contribution in [1.29, 1.82) is 0 Å². The van der Waals surface area contributed by atoms with Crippen LogP contribution in [0.15, 0.2) is 0 Å². The highest BCUT2D eigenvalue weighted by Crippen LogP contribution is 2.15. The third kappa shape index (κ3) is 15.3. The largest absolute Gasteiger partial charge is 0.378 e. The number of nitrogens with two attached hydrogens (primary N) is 1. The molecule has 0 aromatic heterocycles. The summed E-state index contributed by atoms with van der Waals surface area (Å²) < 4.78 is 10.6. The van der Waals surface area contributed by atoms with Gasteiger partial charge in [-0.3, -0.25) is 4.79 Å². The first-order chi connectivity index (χ1) is 11.3. The van der Waals surface area contributed by atoms with E-state index in [1.165, 1.54) is 12.8 Å². The molecule has 0 rings (SSSR count). The minimum absolute atomic E-state index is 0.0661. The molecule has 7 heteroatoms. The van der Waals surface area contributed by atoms with Crippen molar-refractivity contribution in [2.45, 2.75) is 38.5 Å². The maximum Gasteiger partial charge on any atom is 0.223 e. The quantitative estimate of drug-likeness (QED) is 0.234. The van der Waals surface area contributed by atoms with Crippen molar-refractivity contribution in [2.24, 2.45) is 11.7 Å². The summed E-state index contributed by atoms with van der Waals surface area (Å²) in [4.78, 5) is 12.2. The molecule has 0 saturated heterocycles. The highest BCUT2D eigenvalue weighted by Gasteiger charge is 2.16. The standard InChI is InChI=1S/C16H34N2O3S2/c17-7-9-20-11-12-21-10-8-18-16(19)15(6-14-23)5-3-1-2-4-13-22/h15,22-23H,1-14,17H2,(H,18,19). The van der Waals surface area contributed by atoms with Crippen LogP contribution >= 0.6 is 25.3 Å². The van der Waals surface area contributed by atoms with Crippen LogP contribution in [0.3, 0.4) is 0 Å². The summed E-state index contributed by atoms with van der Waals surface area (Å²) in [7, 11) is 0. The number of hydrogen-bond donors (Lipinski definition) is 4. The van der Waals surface area contributed by atoms with Crippen molar-refractivity contribution >= 4 is 31.2 Å². The summed E-state index contributed by atoms with van der Waals surface area (Å²) in [6.07, 6.45) is 6.37. The number of thiol groups is 2. The van der Waals surface area contributed by atoms with Gasteiger partial charge >= 0.3 is 0 Å². The van der Waals surface area contributed by atoms with Crippen molar-refractivity contribution in [3.63, 3.8) is 0 Å². The van der Waals surface area contributed by atoms with Crippen molar-refractivity contribution < 1.29 is 14.3 Å². The smallest absolute Gasteiger partial charge is 0.223 e. The van der Waals surface area contributed by atoms with Crippen LogP contribution in [0, 0.1) is 5.92 Å². The molecule has 5 nitrogen and oxygen atoms in total. The van der Waals surface area contributed by atoms with Gasteiger partial charge in [-0.1, -0.05) is 19.3 Å². The summed E-state index contributed by atoms with van der Waals surface area (Å²) in [5.74, 6) is 1.87. The Labute approximate surface area is 152 Å². The van der Waals surface area contributed by atoms with Gasteiger partial charge in [0.2, 0.25) is 5.91 Å². The lowest BCUT2D eigenvalue weighted by molar-refractivity contribution is -0.125. The first kappa shape index (κ1) is 23.1. The van der Waals surface area contributed by atoms with Gasteiger partial charge in [-0.05, 0) is 30.8 Å². The molecule has 0 bridgehead atoms. The van der Waals surface area contributed by atoms with Gasteiger partial charge < -0.3 is 20.5 Å². The van der Waals surface area contributed by atoms with Crippen molar-refractivity contribution in [1.82, 2.24) is 5.32 Å². The van der Waals surface area contributed by atoms with E-state index in [2.05, 4.69) is 30.6 Å². The minimum atomic E-state index is 0.0661. The Morgan fingerprint density at radius 3 is 2.26 bits per heavy atom. The summed E-state index contributed by atoms with van der Waals surface area (Å²) in [5.41, 5.74) is 5.31. The van der Waals surface area contributed by atoms with Crippen LogP contribution in [-0.2, 0) is 14.3 Å². The third-order valence-electron chi connectivity index (χ3n) is 3.49. The van der Waals surface area contributed by atoms with Gasteiger partial charge in [-0.2, -0.15) is 25.3 Å². The van der Waals surface area contributed by atoms with Crippen molar-refractivity contribution in [2.75, 3.05) is 51.0 Å². The maximum absolute atomic E-state index is 12.2. The predicted molar refractivity (Wildman–Crippen MR) is 103 cm³/mol. The number of nitrogens with one attached hydrogen (secondary N) is 1. The highest BCUT2D eigenvalue weighted by molar-refractivity contribution is 7.80. The number of hydrogen-bond acceptors (Lipinski definition) is 6. The molecule has 1 atom stereocenters. The molecule has 0 aliphatic carbocycles. The third-order valence-corrected chi connectivity index (χ3v) is 4.06. The summed E-state index contributed by atoms with van der Waals surface area (Å²) in [5, 5.41) is 2.95. The second-order valence-electron chi connectivity index (χ2n) is 5.44. The van der Waals surface area contributed by atoms with Crippen LogP contribution in [0.5, 0.6) is 0 Å². The van der Waals surface area contributed by atoms with Gasteiger partial charge in [0.1, 0.15) is 0 Å². The molecule has 0 radical (unpaired) electrons. The van der Waals surface area contributed by atoms with Gasteiger partial charge in [-0.15, -0.1) is 0 Å². The van der Waals surface area contributed by atoms with Gasteiger partial charge in [-0.25, -0.2) is 0 Å². The SMILES string of the molecule is NCCOCCOCCNC(=O)C(CCS)CCCCCCS. The van der Waals surface area contributed by atoms with E-state index in [9.17, 15) is 4.79 Å². The fourth-order valence-corrected chi connectivity index (χ4v) is 2.75. The molecule has 23 heavy (non-hydrogen) atoms. The Bertz CT molecular complexity index is 272. The fraction of sp³-hybridized carbons (Fsp3) is 0.938. The van der Waals surface area contributed by atoms with Crippen LogP contribution in [0.25, 0.3) is 0 Å². The van der Waals surface area contributed by atoms with E-state index in [4.69, 9.17) is 15.2 Å². The number of carbonyl (C=O) groups is 1. The Morgan fingerprint density at radius 1 is 0.913 bits per heavy atom. The molecule has 0 aromatic carbocycles. The highest BCUT2D eigenvalue weighted by atomic mass is 32.1. The van der Waals surface area contributed by atoms with Crippen molar-refractivity contribution in [3.05, 3.63) is 0 Å². The predicted octanol–water partition coefficient (Wildman–Crippen LogP) is 1.91. The van der Waals surface area contributed by atoms with E-state index in [0.29, 0.717) is 39.5 Å². The molecule has 0 spiro atoms. The molecule has 3 N–H and O–H groups in total. The summed E-state index contributed by atoms with van der Waals surface area (Å²) in [6.45, 7) is 3.20. The lowest BCUT2D eigenvalue weighted by atomic mass is 9.97. The monoisotopic (exact) mass is 366 g/mol. The Balaban J connectivity index is 3.67. The number of unbranched alkanes of at least 4 members (excludes halogenated alkanes) is 3. The molecular formula is C16H34N2O3S2. The molecule has 1 unspecified atom stereocenters. The zero-order valence-electron chi connectivity index (χ0n) is 14.2. The maximum atomic E-state index is 12.2. The van der Waals surface area contributed by atoms with E-state index < -0.39 is 0 Å². The molecule has 0 aliphatic rings. The van der Waals surface area contributed by atoms with Crippen LogP contribution in [0.4, 0.5) is 0 Å². The Hall–Kier alpha value is 0.0500. The Morgan fingerprint density at radius 2 is 1.61 bits per heavy atom. The molecule has 0 heterocycles. The van der Waals surface area contributed by atoms with Gasteiger partial charge in [0.25, 0.3) is 0 Å². The van der Waals surface area contributed by atoms with E-state index >= 15 is 0 Å². The number of rotatable bonds is 17. The molecular weight excluding hydrogens is 332 g/mol. The molecule has 0 fully saturated rings. The van der Waals surface area contributed by atoms with Crippen LogP contribution < -0.4 is 11.1 Å². The summed E-state index contributed by atoms with van der Waals surface area (Å²) >= 11 is 8.47. The van der Waals surface area contributed by atoms with E-state index in [1.807, 2.05) is 0 Å². The lowest BCUT2D eigenvalue weighted by Crippen LogP contribution is -2.33. The fourth-order valence-electron chi connectivity index (χ4n) is 2.21. The first-order valence-corrected chi connectivity index (χ1v) is 9.87. The second-order valence-corrected chi connectivity index (χ2v) is 6.33. The topological polar surface area (TPSA) is 73.6 Å². The van der Waals surface area contributed by atoms with E-state index in [0.717, 1.165) is 37.2 Å². The zero-order chi connectivity index (χ0) is 17.2. The van der Waals surface area contributed by atoms with E-state index in [1.54, 1.807) is 0 Å². The Kier molecular flexibility index (Phi) is 18.4. The second kappa shape index (κ2) is 18.4. The van der Waals surface area contributed by atoms with Crippen LogP contribution in [0.1, 0.15) is 38.5 Å². The van der Waals surface area contributed by atoms with E-state index in [-0.39, 0.29) is 11.8 Å². The first-order valence-electron chi connectivity index (χ1n) is 8.61. The van der Waals surface area contributed by atoms with Gasteiger partial charge in [0.05, 0.1) is 26.4 Å². The average Bonchev–Trinajstić information content (AvgIpc) is 2.56. The molecule has 0 saturated carbocycles. The molecule has 0 aromatic rings.